The molecule has 1 unspecified atom stereocenters. The fourth-order valence-electron chi connectivity index (χ4n) is 1.33. The van der Waals surface area contributed by atoms with Gasteiger partial charge in [0.05, 0.1) is 20.2 Å². The van der Waals surface area contributed by atoms with E-state index in [1.165, 1.54) is 13.4 Å². The molecular weight excluding hydrogens is 172 g/mol. The van der Waals surface area contributed by atoms with Gasteiger partial charge in [-0.2, -0.15) is 5.10 Å². The minimum atomic E-state index is -0.306. The molecule has 70 valence electrons. The van der Waals surface area contributed by atoms with Gasteiger partial charge >= 0.3 is 5.97 Å². The fraction of sp³-hybridized carbons (Fsp3) is 0.571. The van der Waals surface area contributed by atoms with Gasteiger partial charge in [0, 0.05) is 0 Å². The van der Waals surface area contributed by atoms with Crippen molar-refractivity contribution in [3.63, 3.8) is 0 Å². The molecule has 2 rings (SSSR count). The topological polar surface area (TPSA) is 69.0 Å². The van der Waals surface area contributed by atoms with E-state index in [1.54, 1.807) is 4.68 Å². The number of hydrogen-bond donors (Lipinski definition) is 1. The Morgan fingerprint density at radius 1 is 1.85 bits per heavy atom. The average Bonchev–Trinajstić information content (AvgIpc) is 2.63. The zero-order chi connectivity index (χ0) is 9.26. The van der Waals surface area contributed by atoms with Crippen LogP contribution in [0.1, 0.15) is 5.82 Å². The minimum absolute atomic E-state index is 0.263. The lowest BCUT2D eigenvalue weighted by Gasteiger charge is -2.21. The Hall–Kier alpha value is -1.43. The lowest BCUT2D eigenvalue weighted by atomic mass is 10.2. The number of carbonyl (C=O) groups excluding carboxylic acids is 1. The summed E-state index contributed by atoms with van der Waals surface area (Å²) in [5.74, 6) is 0.585. The van der Waals surface area contributed by atoms with Crippen LogP contribution in [0.15, 0.2) is 6.33 Å². The molecule has 1 aliphatic heterocycles. The predicted octanol–water partition coefficient (Wildman–Crippen LogP) is -1.08. The van der Waals surface area contributed by atoms with Crippen molar-refractivity contribution in [2.45, 2.75) is 19.1 Å². The summed E-state index contributed by atoms with van der Waals surface area (Å²) in [6, 6.07) is -0.306. The van der Waals surface area contributed by atoms with E-state index in [0.717, 1.165) is 5.82 Å². The van der Waals surface area contributed by atoms with Gasteiger partial charge in [0.2, 0.25) is 0 Å². The molecule has 0 spiro atoms. The largest absolute Gasteiger partial charge is 0.468 e. The van der Waals surface area contributed by atoms with E-state index in [-0.39, 0.29) is 12.0 Å². The summed E-state index contributed by atoms with van der Waals surface area (Å²) in [7, 11) is 1.38. The van der Waals surface area contributed by atoms with Crippen LogP contribution in [0, 0.1) is 0 Å². The molecule has 2 heterocycles. The Morgan fingerprint density at radius 3 is 3.46 bits per heavy atom. The number of ether oxygens (including phenoxy) is 1. The van der Waals surface area contributed by atoms with Gasteiger partial charge < -0.3 is 4.74 Å². The maximum atomic E-state index is 11.2. The molecule has 0 saturated carbocycles. The summed E-state index contributed by atoms with van der Waals surface area (Å²) in [6.45, 7) is 1.04. The van der Waals surface area contributed by atoms with Crippen LogP contribution in [0.25, 0.3) is 0 Å². The van der Waals surface area contributed by atoms with Crippen LogP contribution < -0.4 is 5.32 Å². The number of rotatable bonds is 1. The highest BCUT2D eigenvalue weighted by atomic mass is 16.5. The second kappa shape index (κ2) is 3.14. The molecular formula is C7H10N4O2. The van der Waals surface area contributed by atoms with E-state index in [1.807, 2.05) is 0 Å². The summed E-state index contributed by atoms with van der Waals surface area (Å²) in [4.78, 5) is 15.2. The molecule has 0 bridgehead atoms. The number of nitrogens with zero attached hydrogens (tertiary/aromatic N) is 3. The van der Waals surface area contributed by atoms with Crippen molar-refractivity contribution in [3.05, 3.63) is 12.2 Å². The lowest BCUT2D eigenvalue weighted by molar-refractivity contribution is -0.144. The van der Waals surface area contributed by atoms with Gasteiger partial charge in [0.25, 0.3) is 0 Å². The van der Waals surface area contributed by atoms with Crippen LogP contribution in [0.2, 0.25) is 0 Å². The van der Waals surface area contributed by atoms with Crippen molar-refractivity contribution in [2.24, 2.45) is 0 Å². The van der Waals surface area contributed by atoms with Gasteiger partial charge in [-0.25, -0.2) is 9.67 Å². The van der Waals surface area contributed by atoms with Gasteiger partial charge in [-0.3, -0.25) is 10.1 Å². The van der Waals surface area contributed by atoms with Gasteiger partial charge in [0.15, 0.2) is 0 Å². The molecule has 1 aliphatic rings. The quantitative estimate of drug-likeness (QED) is 0.560. The third-order valence-electron chi connectivity index (χ3n) is 2.04. The standard InChI is InChI=1S/C7H10N4O2/c1-13-7(12)5-3-11-6(2-8-5)9-4-10-11/h4-5,8H,2-3H2,1H3. The number of nitrogens with one attached hydrogen (secondary N) is 1. The molecule has 0 aliphatic carbocycles. The van der Waals surface area contributed by atoms with Gasteiger partial charge in [-0.15, -0.1) is 0 Å². The number of carbonyl (C=O) groups is 1. The summed E-state index contributed by atoms with van der Waals surface area (Å²) in [5.41, 5.74) is 0. The fourth-order valence-corrected chi connectivity index (χ4v) is 1.33. The lowest BCUT2D eigenvalue weighted by Crippen LogP contribution is -2.45. The van der Waals surface area contributed by atoms with Crippen LogP contribution in [0.3, 0.4) is 0 Å². The van der Waals surface area contributed by atoms with E-state index in [0.29, 0.717) is 13.1 Å². The summed E-state index contributed by atoms with van der Waals surface area (Å²) in [6.07, 6.45) is 1.48. The van der Waals surface area contributed by atoms with Crippen molar-refractivity contribution < 1.29 is 9.53 Å². The SMILES string of the molecule is COC(=O)C1Cn2ncnc2CN1. The molecule has 6 heteroatoms. The Morgan fingerprint density at radius 2 is 2.69 bits per heavy atom. The number of methoxy groups -OCH3 is 1. The highest BCUT2D eigenvalue weighted by Crippen LogP contribution is 2.04. The molecule has 0 fully saturated rings. The second-order valence-electron chi connectivity index (χ2n) is 2.82. The molecule has 0 aromatic carbocycles. The molecule has 0 amide bonds. The molecule has 13 heavy (non-hydrogen) atoms. The molecule has 0 radical (unpaired) electrons. The molecule has 1 aromatic heterocycles. The summed E-state index contributed by atoms with van der Waals surface area (Å²) < 4.78 is 6.32. The van der Waals surface area contributed by atoms with Gasteiger partial charge in [-0.1, -0.05) is 0 Å². The van der Waals surface area contributed by atoms with Crippen molar-refractivity contribution in [2.75, 3.05) is 7.11 Å². The van der Waals surface area contributed by atoms with E-state index < -0.39 is 0 Å². The van der Waals surface area contributed by atoms with E-state index in [4.69, 9.17) is 0 Å². The highest BCUT2D eigenvalue weighted by Gasteiger charge is 2.25. The summed E-state index contributed by atoms with van der Waals surface area (Å²) >= 11 is 0. The normalized spacial score (nSPS) is 20.8. The number of aromatic nitrogens is 3. The first-order valence-corrected chi connectivity index (χ1v) is 3.99. The molecule has 1 aromatic rings. The van der Waals surface area contributed by atoms with Crippen LogP contribution in [-0.4, -0.2) is 33.9 Å². The van der Waals surface area contributed by atoms with E-state index in [9.17, 15) is 4.79 Å². The maximum Gasteiger partial charge on any atom is 0.324 e. The Bertz CT molecular complexity index is 322. The third-order valence-corrected chi connectivity index (χ3v) is 2.04. The van der Waals surface area contributed by atoms with Crippen molar-refractivity contribution in [1.29, 1.82) is 0 Å². The van der Waals surface area contributed by atoms with Gasteiger partial charge in [0.1, 0.15) is 18.2 Å². The van der Waals surface area contributed by atoms with Crippen LogP contribution >= 0.6 is 0 Å². The molecule has 6 nitrogen and oxygen atoms in total. The number of fused-ring (bicyclic) bond motifs is 1. The van der Waals surface area contributed by atoms with E-state index >= 15 is 0 Å². The molecule has 1 atom stereocenters. The smallest absolute Gasteiger partial charge is 0.324 e. The molecule has 0 saturated heterocycles. The zero-order valence-corrected chi connectivity index (χ0v) is 7.23. The minimum Gasteiger partial charge on any atom is -0.468 e. The predicted molar refractivity (Wildman–Crippen MR) is 42.7 cm³/mol. The van der Waals surface area contributed by atoms with E-state index in [2.05, 4.69) is 20.1 Å². The van der Waals surface area contributed by atoms with Crippen molar-refractivity contribution in [3.8, 4) is 0 Å². The van der Waals surface area contributed by atoms with Crippen molar-refractivity contribution in [1.82, 2.24) is 20.1 Å². The van der Waals surface area contributed by atoms with Gasteiger partial charge in [-0.05, 0) is 0 Å². The molecule has 1 N–H and O–H groups in total. The average molecular weight is 182 g/mol. The van der Waals surface area contributed by atoms with Crippen LogP contribution in [0.4, 0.5) is 0 Å². The number of hydrogen-bond acceptors (Lipinski definition) is 5. The third kappa shape index (κ3) is 1.40. The number of esters is 1. The first-order chi connectivity index (χ1) is 6.31. The van der Waals surface area contributed by atoms with Crippen LogP contribution in [0.5, 0.6) is 0 Å². The van der Waals surface area contributed by atoms with Crippen molar-refractivity contribution >= 4 is 5.97 Å². The van der Waals surface area contributed by atoms with Crippen LogP contribution in [-0.2, 0) is 22.6 Å². The Labute approximate surface area is 74.9 Å². The Kier molecular flexibility index (Phi) is 1.97. The Balaban J connectivity index is 2.13. The monoisotopic (exact) mass is 182 g/mol. The first kappa shape index (κ1) is 8.18. The second-order valence-corrected chi connectivity index (χ2v) is 2.82. The summed E-state index contributed by atoms with van der Waals surface area (Å²) in [5, 5.41) is 7.00. The highest BCUT2D eigenvalue weighted by molar-refractivity contribution is 5.75. The zero-order valence-electron chi connectivity index (χ0n) is 7.23. The first-order valence-electron chi connectivity index (χ1n) is 3.99. The maximum absolute atomic E-state index is 11.2.